The quantitative estimate of drug-likeness (QED) is 0.227. The molecule has 2 aromatic rings. The van der Waals surface area contributed by atoms with Crippen LogP contribution in [-0.2, 0) is 32.7 Å². The summed E-state index contributed by atoms with van der Waals surface area (Å²) in [4.78, 5) is 8.89. The van der Waals surface area contributed by atoms with Crippen LogP contribution >= 0.6 is 62.3 Å². The van der Waals surface area contributed by atoms with Gasteiger partial charge in [0.05, 0.1) is 53.7 Å². The van der Waals surface area contributed by atoms with E-state index in [0.29, 0.717) is 15.0 Å². The predicted octanol–water partition coefficient (Wildman–Crippen LogP) is 5.34. The molecular formula is C32H43B3BrCl4F2KO8. The Labute approximate surface area is 372 Å². The Morgan fingerprint density at radius 1 is 0.608 bits per heavy atom. The number of rotatable bonds is 2. The smallest absolute Gasteiger partial charge is 0.550 e. The van der Waals surface area contributed by atoms with E-state index in [9.17, 15) is 8.78 Å². The molecule has 51 heavy (non-hydrogen) atoms. The molecule has 0 unspecified atom stereocenters. The fourth-order valence-electron chi connectivity index (χ4n) is 4.24. The Bertz CT molecular complexity index is 1450. The minimum Gasteiger partial charge on any atom is -0.550 e. The fourth-order valence-corrected chi connectivity index (χ4v) is 5.51. The van der Waals surface area contributed by atoms with Gasteiger partial charge in [0.25, 0.3) is 0 Å². The molecule has 0 amide bonds. The summed E-state index contributed by atoms with van der Waals surface area (Å²) in [6.07, 6.45) is 0. The van der Waals surface area contributed by atoms with Crippen molar-refractivity contribution in [2.75, 3.05) is 0 Å². The molecule has 3 fully saturated rings. The molecule has 0 bridgehead atoms. The van der Waals surface area contributed by atoms with Gasteiger partial charge in [-0.3, -0.25) is 0 Å². The van der Waals surface area contributed by atoms with Gasteiger partial charge in [0.15, 0.2) is 0 Å². The van der Waals surface area contributed by atoms with E-state index in [4.69, 9.17) is 84.2 Å². The second-order valence-corrected chi connectivity index (χ2v) is 17.2. The summed E-state index contributed by atoms with van der Waals surface area (Å²) < 4.78 is 61.8. The summed E-state index contributed by atoms with van der Waals surface area (Å²) in [6, 6.07) is 4.87. The van der Waals surface area contributed by atoms with Crippen LogP contribution in [0.2, 0.25) is 20.1 Å². The number of carbonyl (C=O) groups excluding carboxylic acids is 1. The third kappa shape index (κ3) is 12.8. The fraction of sp³-hybridized carbons (Fsp3) is 0.594. The summed E-state index contributed by atoms with van der Waals surface area (Å²) in [5, 5.41) is 9.86. The average Bonchev–Trinajstić information content (AvgIpc) is 3.38. The first kappa shape index (κ1) is 50.0. The van der Waals surface area contributed by atoms with Crippen molar-refractivity contribution in [1.29, 1.82) is 0 Å². The molecule has 0 spiro atoms. The van der Waals surface area contributed by atoms with E-state index >= 15 is 0 Å². The molecule has 3 aliphatic heterocycles. The largest absolute Gasteiger partial charge is 1.00 e. The SMILES string of the molecule is CC(=O)[O-].CC1(C)OB(B2OC(C)(C)C(C)(C)O2)OC1(C)C.CC1(C)OB(c2cc(F)cc(Cl)c2Cl)OC1(C)C.Fc1cc(Cl)c(Cl)c(Br)c1.[K+]. The van der Waals surface area contributed by atoms with Crippen LogP contribution in [0.15, 0.2) is 28.7 Å². The van der Waals surface area contributed by atoms with E-state index in [1.807, 2.05) is 83.1 Å². The normalized spacial score (nSPS) is 21.3. The first-order chi connectivity index (χ1) is 22.4. The second-order valence-electron chi connectivity index (χ2n) is 14.8. The molecule has 2 aromatic carbocycles. The van der Waals surface area contributed by atoms with Gasteiger partial charge in [-0.1, -0.05) is 46.4 Å². The van der Waals surface area contributed by atoms with Crippen LogP contribution in [0.3, 0.4) is 0 Å². The first-order valence-corrected chi connectivity index (χ1v) is 17.9. The van der Waals surface area contributed by atoms with Crippen LogP contribution in [0.4, 0.5) is 8.78 Å². The van der Waals surface area contributed by atoms with E-state index in [-0.39, 0.29) is 88.9 Å². The van der Waals surface area contributed by atoms with Crippen molar-refractivity contribution >= 4 is 94.9 Å². The molecule has 8 nitrogen and oxygen atoms in total. The minimum absolute atomic E-state index is 0. The van der Waals surface area contributed by atoms with Crippen LogP contribution in [0.25, 0.3) is 0 Å². The minimum atomic E-state index is -1.08. The Morgan fingerprint density at radius 3 is 1.20 bits per heavy atom. The van der Waals surface area contributed by atoms with Crippen molar-refractivity contribution in [2.45, 2.75) is 124 Å². The summed E-state index contributed by atoms with van der Waals surface area (Å²) in [6.45, 7) is 24.9. The Morgan fingerprint density at radius 2 is 0.882 bits per heavy atom. The van der Waals surface area contributed by atoms with Gasteiger partial charge in [0, 0.05) is 15.9 Å². The van der Waals surface area contributed by atoms with Gasteiger partial charge in [-0.15, -0.1) is 0 Å². The molecule has 0 atom stereocenters. The number of aliphatic carboxylic acids is 1. The third-order valence-electron chi connectivity index (χ3n) is 9.24. The number of benzene rings is 2. The number of carbonyl (C=O) groups is 1. The summed E-state index contributed by atoms with van der Waals surface area (Å²) in [7, 11) is -1.66. The summed E-state index contributed by atoms with van der Waals surface area (Å²) >= 11 is 26.1. The molecule has 0 aromatic heterocycles. The maximum Gasteiger partial charge on any atom is 1.00 e. The molecule has 3 heterocycles. The van der Waals surface area contributed by atoms with E-state index in [1.165, 1.54) is 18.2 Å². The van der Waals surface area contributed by atoms with Crippen LogP contribution in [0, 0.1) is 11.6 Å². The van der Waals surface area contributed by atoms with Gasteiger partial charge in [-0.05, 0) is 130 Å². The van der Waals surface area contributed by atoms with E-state index < -0.39 is 49.9 Å². The predicted molar refractivity (Wildman–Crippen MR) is 199 cm³/mol. The molecule has 3 aliphatic rings. The average molecular weight is 887 g/mol. The van der Waals surface area contributed by atoms with Crippen LogP contribution in [0.1, 0.15) is 90.0 Å². The maximum absolute atomic E-state index is 13.4. The molecule has 5 rings (SSSR count). The van der Waals surface area contributed by atoms with Crippen molar-refractivity contribution in [2.24, 2.45) is 0 Å². The van der Waals surface area contributed by atoms with Crippen LogP contribution < -0.4 is 62.0 Å². The van der Waals surface area contributed by atoms with E-state index in [1.54, 1.807) is 0 Å². The zero-order chi connectivity index (χ0) is 39.0. The first-order valence-electron chi connectivity index (χ1n) is 15.6. The van der Waals surface area contributed by atoms with E-state index in [2.05, 4.69) is 15.9 Å². The van der Waals surface area contributed by atoms with Crippen molar-refractivity contribution in [1.82, 2.24) is 0 Å². The van der Waals surface area contributed by atoms with Gasteiger partial charge in [-0.2, -0.15) is 0 Å². The van der Waals surface area contributed by atoms with E-state index in [0.717, 1.165) is 13.0 Å². The van der Waals surface area contributed by atoms with Crippen molar-refractivity contribution in [3.05, 3.63) is 60.5 Å². The number of hydrogen-bond donors (Lipinski definition) is 0. The Balaban J connectivity index is 0.000000372. The van der Waals surface area contributed by atoms with Crippen LogP contribution in [-0.4, -0.2) is 60.7 Å². The van der Waals surface area contributed by atoms with Gasteiger partial charge in [0.1, 0.15) is 11.6 Å². The molecule has 0 saturated carbocycles. The molecule has 0 radical (unpaired) electrons. The van der Waals surface area contributed by atoms with Crippen molar-refractivity contribution in [3.63, 3.8) is 0 Å². The zero-order valence-electron chi connectivity index (χ0n) is 31.5. The van der Waals surface area contributed by atoms with Gasteiger partial charge in [-0.25, -0.2) is 8.78 Å². The number of hydrogen-bond acceptors (Lipinski definition) is 8. The standard InChI is InChI=1S/C12H24B2O4.C12H14BCl2FO2.C6H2BrCl2F.C2H4O2.K/c1-9(2)10(3,4)16-13(15-9)14-17-11(5,6)12(7,8)18-14;1-11(2)12(3,4)18-13(17-11)8-5-7(16)6-9(14)10(8)15;7-4-1-3(10)2-5(8)6(4)9;1-2(3)4;/h1-8H3;5-6H,1-4H3;1-2H;1H3,(H,3,4);/q;;;;+1/p-1. The molecule has 278 valence electrons. The molecule has 19 heteroatoms. The third-order valence-corrected chi connectivity index (χ3v) is 11.7. The Hall–Kier alpha value is 1.00. The zero-order valence-corrected chi connectivity index (χ0v) is 39.2. The molecule has 0 aliphatic carbocycles. The van der Waals surface area contributed by atoms with Gasteiger partial charge in [0.2, 0.25) is 0 Å². The molecule has 3 saturated heterocycles. The second kappa shape index (κ2) is 18.5. The van der Waals surface area contributed by atoms with Crippen LogP contribution in [0.5, 0.6) is 0 Å². The molecular weight excluding hydrogens is 844 g/mol. The van der Waals surface area contributed by atoms with Gasteiger partial charge < -0.3 is 37.8 Å². The van der Waals surface area contributed by atoms with Crippen molar-refractivity contribution in [3.8, 4) is 0 Å². The monoisotopic (exact) mass is 884 g/mol. The number of carboxylic acids is 1. The molecule has 0 N–H and O–H groups in total. The van der Waals surface area contributed by atoms with Crippen molar-refractivity contribution < 1.29 is 98.0 Å². The summed E-state index contributed by atoms with van der Waals surface area (Å²) in [5.41, 5.74) is -2.02. The topological polar surface area (TPSA) is 95.5 Å². The maximum atomic E-state index is 13.4. The van der Waals surface area contributed by atoms with Gasteiger partial charge >= 0.3 is 72.5 Å². The summed E-state index contributed by atoms with van der Waals surface area (Å²) in [5.74, 6) is -1.95. The number of carboxylic acid groups (broad SMARTS) is 1. The number of halogens is 7. The Kier molecular flexibility index (Phi) is 18.2.